The van der Waals surface area contributed by atoms with Crippen LogP contribution in [-0.2, 0) is 4.79 Å². The molecule has 2 rings (SSSR count). The highest BCUT2D eigenvalue weighted by Crippen LogP contribution is 2.30. The molecule has 0 saturated heterocycles. The summed E-state index contributed by atoms with van der Waals surface area (Å²) in [6.07, 6.45) is 6.92. The number of nitriles is 1. The molecule has 0 atom stereocenters. The Morgan fingerprint density at radius 1 is 0.968 bits per heavy atom. The molecule has 0 aliphatic rings. The fourth-order valence-electron chi connectivity index (χ4n) is 2.62. The van der Waals surface area contributed by atoms with Crippen molar-refractivity contribution in [1.82, 2.24) is 0 Å². The van der Waals surface area contributed by atoms with Crippen LogP contribution in [0, 0.1) is 17.2 Å². The topological polar surface area (TPSA) is 77.8 Å². The number of rotatable bonds is 10. The molecule has 0 amide bonds. The fraction of sp³-hybridized carbons (Fsp3) is 0.280. The zero-order valence-corrected chi connectivity index (χ0v) is 18.3. The van der Waals surface area contributed by atoms with E-state index in [0.29, 0.717) is 29.8 Å². The molecule has 0 heterocycles. The molecule has 2 aromatic carbocycles. The summed E-state index contributed by atoms with van der Waals surface area (Å²) in [6, 6.07) is 12.4. The van der Waals surface area contributed by atoms with E-state index in [-0.39, 0.29) is 5.75 Å². The van der Waals surface area contributed by atoms with Gasteiger partial charge in [-0.15, -0.1) is 0 Å². The monoisotopic (exact) mass is 421 g/mol. The zero-order valence-electron chi connectivity index (χ0n) is 18.3. The van der Waals surface area contributed by atoms with Crippen LogP contribution in [0.15, 0.2) is 48.6 Å². The van der Waals surface area contributed by atoms with E-state index in [1.807, 2.05) is 18.2 Å². The van der Waals surface area contributed by atoms with Crippen molar-refractivity contribution < 1.29 is 23.7 Å². The lowest BCUT2D eigenvalue weighted by molar-refractivity contribution is -0.129. The Morgan fingerprint density at radius 2 is 1.58 bits per heavy atom. The minimum atomic E-state index is -0.546. The van der Waals surface area contributed by atoms with E-state index in [0.717, 1.165) is 17.5 Å². The number of hydrogen-bond donors (Lipinski definition) is 0. The maximum absolute atomic E-state index is 12.3. The third-order valence-electron chi connectivity index (χ3n) is 4.30. The number of allylic oxidation sites excluding steroid dienone is 1. The van der Waals surface area contributed by atoms with Gasteiger partial charge in [-0.05, 0) is 59.9 Å². The summed E-state index contributed by atoms with van der Waals surface area (Å²) in [7, 11) is 3.06. The van der Waals surface area contributed by atoms with Crippen LogP contribution in [0.2, 0.25) is 0 Å². The standard InChI is InChI=1S/C25H27NO5/c1-18(2)13-15-30-21-10-7-20(17-23(21)28-3)9-12-25(27)31-22-11-8-19(6-5-14-26)16-24(22)29-4/h5-12,16-18H,13,15H2,1-4H3/b6-5-,12-9+. The predicted octanol–water partition coefficient (Wildman–Crippen LogP) is 5.28. The van der Waals surface area contributed by atoms with Gasteiger partial charge in [0.1, 0.15) is 0 Å². The van der Waals surface area contributed by atoms with Crippen molar-refractivity contribution in [1.29, 1.82) is 5.26 Å². The SMILES string of the molecule is COc1cc(/C=C/C(=O)Oc2ccc(/C=C\C#N)cc2OC)ccc1OCCC(C)C. The average molecular weight is 421 g/mol. The lowest BCUT2D eigenvalue weighted by atomic mass is 10.1. The first-order valence-electron chi connectivity index (χ1n) is 9.91. The van der Waals surface area contributed by atoms with Crippen LogP contribution in [-0.4, -0.2) is 26.8 Å². The highest BCUT2D eigenvalue weighted by Gasteiger charge is 2.09. The van der Waals surface area contributed by atoms with Crippen molar-refractivity contribution in [2.24, 2.45) is 5.92 Å². The van der Waals surface area contributed by atoms with Crippen LogP contribution in [0.25, 0.3) is 12.2 Å². The Balaban J connectivity index is 2.06. The van der Waals surface area contributed by atoms with E-state index < -0.39 is 5.97 Å². The maximum atomic E-state index is 12.3. The lowest BCUT2D eigenvalue weighted by Gasteiger charge is -2.12. The second-order valence-electron chi connectivity index (χ2n) is 7.07. The molecule has 0 fully saturated rings. The van der Waals surface area contributed by atoms with Crippen LogP contribution in [0.1, 0.15) is 31.4 Å². The van der Waals surface area contributed by atoms with Gasteiger partial charge in [0, 0.05) is 12.2 Å². The Hall–Kier alpha value is -3.72. The molecule has 0 N–H and O–H groups in total. The molecule has 0 saturated carbocycles. The van der Waals surface area contributed by atoms with Gasteiger partial charge >= 0.3 is 5.97 Å². The molecular formula is C25H27NO5. The maximum Gasteiger partial charge on any atom is 0.336 e. The van der Waals surface area contributed by atoms with E-state index in [2.05, 4.69) is 13.8 Å². The molecule has 0 spiro atoms. The third-order valence-corrected chi connectivity index (χ3v) is 4.30. The summed E-state index contributed by atoms with van der Waals surface area (Å²) in [6.45, 7) is 4.90. The summed E-state index contributed by atoms with van der Waals surface area (Å²) in [5, 5.41) is 8.63. The number of benzene rings is 2. The first-order chi connectivity index (χ1) is 15.0. The van der Waals surface area contributed by atoms with Crippen LogP contribution in [0.4, 0.5) is 0 Å². The Labute approximate surface area is 183 Å². The van der Waals surface area contributed by atoms with Gasteiger partial charge in [0.05, 0.1) is 26.9 Å². The Kier molecular flexibility index (Phi) is 9.18. The van der Waals surface area contributed by atoms with Gasteiger partial charge in [-0.3, -0.25) is 0 Å². The van der Waals surface area contributed by atoms with Crippen LogP contribution in [0.3, 0.4) is 0 Å². The van der Waals surface area contributed by atoms with Crippen LogP contribution >= 0.6 is 0 Å². The minimum absolute atomic E-state index is 0.290. The largest absolute Gasteiger partial charge is 0.493 e. The van der Waals surface area contributed by atoms with Gasteiger partial charge in [0.25, 0.3) is 0 Å². The highest BCUT2D eigenvalue weighted by molar-refractivity contribution is 5.89. The molecule has 31 heavy (non-hydrogen) atoms. The van der Waals surface area contributed by atoms with Crippen molar-refractivity contribution in [3.05, 3.63) is 59.7 Å². The average Bonchev–Trinajstić information content (AvgIpc) is 2.77. The van der Waals surface area contributed by atoms with E-state index in [4.69, 9.17) is 24.2 Å². The summed E-state index contributed by atoms with van der Waals surface area (Å²) >= 11 is 0. The van der Waals surface area contributed by atoms with Crippen molar-refractivity contribution in [2.45, 2.75) is 20.3 Å². The predicted molar refractivity (Wildman–Crippen MR) is 120 cm³/mol. The number of ether oxygens (including phenoxy) is 4. The molecule has 6 nitrogen and oxygen atoms in total. The summed E-state index contributed by atoms with van der Waals surface area (Å²) in [5.74, 6) is 1.96. The van der Waals surface area contributed by atoms with Gasteiger partial charge < -0.3 is 18.9 Å². The zero-order chi connectivity index (χ0) is 22.6. The second-order valence-corrected chi connectivity index (χ2v) is 7.07. The number of carbonyl (C=O) groups excluding carboxylic acids is 1. The molecule has 6 heteroatoms. The molecule has 0 aliphatic heterocycles. The molecule has 2 aromatic rings. The summed E-state index contributed by atoms with van der Waals surface area (Å²) in [5.41, 5.74) is 1.53. The molecule has 0 aromatic heterocycles. The van der Waals surface area contributed by atoms with Gasteiger partial charge in [-0.1, -0.05) is 26.0 Å². The van der Waals surface area contributed by atoms with E-state index in [1.54, 1.807) is 43.5 Å². The van der Waals surface area contributed by atoms with Crippen molar-refractivity contribution >= 4 is 18.1 Å². The van der Waals surface area contributed by atoms with Gasteiger partial charge in [0.2, 0.25) is 0 Å². The molecule has 0 aliphatic carbocycles. The smallest absolute Gasteiger partial charge is 0.336 e. The Bertz CT molecular complexity index is 986. The molecule has 162 valence electrons. The summed E-state index contributed by atoms with van der Waals surface area (Å²) in [4.78, 5) is 12.3. The Morgan fingerprint density at radius 3 is 2.19 bits per heavy atom. The van der Waals surface area contributed by atoms with Crippen LogP contribution < -0.4 is 18.9 Å². The first kappa shape index (κ1) is 23.6. The number of hydrogen-bond acceptors (Lipinski definition) is 6. The van der Waals surface area contributed by atoms with Crippen molar-refractivity contribution in [3.8, 4) is 29.1 Å². The van der Waals surface area contributed by atoms with Gasteiger partial charge in [-0.2, -0.15) is 5.26 Å². The lowest BCUT2D eigenvalue weighted by Crippen LogP contribution is -2.05. The second kappa shape index (κ2) is 12.1. The summed E-state index contributed by atoms with van der Waals surface area (Å²) < 4.78 is 21.8. The van der Waals surface area contributed by atoms with Crippen LogP contribution in [0.5, 0.6) is 23.0 Å². The highest BCUT2D eigenvalue weighted by atomic mass is 16.6. The van der Waals surface area contributed by atoms with E-state index >= 15 is 0 Å². The van der Waals surface area contributed by atoms with Gasteiger partial charge in [-0.25, -0.2) is 4.79 Å². The number of methoxy groups -OCH3 is 2. The third kappa shape index (κ3) is 7.56. The molecular weight excluding hydrogens is 394 g/mol. The quantitative estimate of drug-likeness (QED) is 0.225. The normalized spacial score (nSPS) is 11.0. The number of esters is 1. The minimum Gasteiger partial charge on any atom is -0.493 e. The van der Waals surface area contributed by atoms with E-state index in [1.165, 1.54) is 19.3 Å². The first-order valence-corrected chi connectivity index (χ1v) is 9.91. The van der Waals surface area contributed by atoms with E-state index in [9.17, 15) is 4.79 Å². The molecule has 0 unspecified atom stereocenters. The number of carbonyl (C=O) groups is 1. The van der Waals surface area contributed by atoms with Crippen molar-refractivity contribution in [2.75, 3.05) is 20.8 Å². The fourth-order valence-corrected chi connectivity index (χ4v) is 2.62. The molecule has 0 radical (unpaired) electrons. The van der Waals surface area contributed by atoms with Gasteiger partial charge in [0.15, 0.2) is 23.0 Å². The molecule has 0 bridgehead atoms. The number of nitrogens with zero attached hydrogens (tertiary/aromatic N) is 1. The van der Waals surface area contributed by atoms with Crippen molar-refractivity contribution in [3.63, 3.8) is 0 Å².